The molecule has 0 aromatic carbocycles. The van der Waals surface area contributed by atoms with Crippen molar-refractivity contribution >= 4 is 5.91 Å². The fraction of sp³-hybridized carbons (Fsp3) is 0.500. The Kier molecular flexibility index (Phi) is 3.36. The third kappa shape index (κ3) is 2.19. The first kappa shape index (κ1) is 13.4. The first-order chi connectivity index (χ1) is 10.8. The van der Waals surface area contributed by atoms with E-state index in [0.29, 0.717) is 5.69 Å². The second-order valence-corrected chi connectivity index (χ2v) is 6.02. The molecule has 2 aromatic rings. The number of carbonyl (C=O) groups excluding carboxylic acids is 1. The van der Waals surface area contributed by atoms with Crippen LogP contribution in [0.4, 0.5) is 0 Å². The molecule has 1 saturated heterocycles. The largest absolute Gasteiger partial charge is 0.329 e. The summed E-state index contributed by atoms with van der Waals surface area (Å²) in [5, 5.41) is 7.38. The van der Waals surface area contributed by atoms with Gasteiger partial charge in [-0.1, -0.05) is 0 Å². The van der Waals surface area contributed by atoms with Crippen molar-refractivity contribution in [2.24, 2.45) is 0 Å². The molecule has 0 unspecified atom stereocenters. The minimum Gasteiger partial charge on any atom is -0.329 e. The highest BCUT2D eigenvalue weighted by molar-refractivity contribution is 5.94. The molecule has 1 aliphatic carbocycles. The number of rotatable bonds is 2. The lowest BCUT2D eigenvalue weighted by Crippen LogP contribution is -2.32. The van der Waals surface area contributed by atoms with E-state index in [1.54, 1.807) is 18.6 Å². The molecule has 6 nitrogen and oxygen atoms in total. The monoisotopic (exact) mass is 297 g/mol. The van der Waals surface area contributed by atoms with Crippen LogP contribution in [-0.4, -0.2) is 37.5 Å². The molecule has 0 spiro atoms. The molecule has 0 saturated carbocycles. The zero-order valence-corrected chi connectivity index (χ0v) is 12.5. The van der Waals surface area contributed by atoms with Gasteiger partial charge in [0.1, 0.15) is 0 Å². The maximum atomic E-state index is 13.0. The van der Waals surface area contributed by atoms with E-state index in [9.17, 15) is 4.79 Å². The summed E-state index contributed by atoms with van der Waals surface area (Å²) >= 11 is 0. The number of aryl methyl sites for hydroxylation is 1. The van der Waals surface area contributed by atoms with Gasteiger partial charge in [-0.2, -0.15) is 5.10 Å². The summed E-state index contributed by atoms with van der Waals surface area (Å²) in [5.74, 6) is 0.0348. The van der Waals surface area contributed by atoms with E-state index in [1.807, 2.05) is 4.90 Å². The van der Waals surface area contributed by atoms with E-state index in [-0.39, 0.29) is 11.9 Å². The maximum absolute atomic E-state index is 13.0. The van der Waals surface area contributed by atoms with E-state index in [2.05, 4.69) is 20.2 Å². The third-order valence-electron chi connectivity index (χ3n) is 4.70. The van der Waals surface area contributed by atoms with Gasteiger partial charge in [0.2, 0.25) is 0 Å². The van der Waals surface area contributed by atoms with Crippen LogP contribution in [0, 0.1) is 0 Å². The topological polar surface area (TPSA) is 74.8 Å². The second kappa shape index (κ2) is 5.51. The Bertz CT molecular complexity index is 681. The number of nitrogens with zero attached hydrogens (tertiary/aromatic N) is 4. The quantitative estimate of drug-likeness (QED) is 0.920. The van der Waals surface area contributed by atoms with Crippen molar-refractivity contribution in [1.82, 2.24) is 25.1 Å². The first-order valence-electron chi connectivity index (χ1n) is 7.97. The molecule has 1 atom stereocenters. The van der Waals surface area contributed by atoms with E-state index in [1.165, 1.54) is 6.42 Å². The number of likely N-dealkylation sites (tertiary alicyclic amines) is 1. The average Bonchev–Trinajstić information content (AvgIpc) is 3.22. The van der Waals surface area contributed by atoms with Crippen LogP contribution in [-0.2, 0) is 12.8 Å². The van der Waals surface area contributed by atoms with Crippen molar-refractivity contribution in [1.29, 1.82) is 0 Å². The molecule has 0 bridgehead atoms. The molecule has 4 rings (SSSR count). The van der Waals surface area contributed by atoms with Crippen LogP contribution in [0.25, 0.3) is 0 Å². The fourth-order valence-corrected chi connectivity index (χ4v) is 3.59. The highest BCUT2D eigenvalue weighted by atomic mass is 16.2. The van der Waals surface area contributed by atoms with Gasteiger partial charge in [-0.3, -0.25) is 19.9 Å². The van der Waals surface area contributed by atoms with Crippen molar-refractivity contribution in [3.63, 3.8) is 0 Å². The van der Waals surface area contributed by atoms with Crippen molar-refractivity contribution in [2.75, 3.05) is 6.54 Å². The SMILES string of the molecule is O=C(c1n[nH]c2c1CCCC2)N1CCC[C@H]1c1cnccn1. The van der Waals surface area contributed by atoms with Gasteiger partial charge in [0.15, 0.2) is 5.69 Å². The Morgan fingerprint density at radius 2 is 2.14 bits per heavy atom. The highest BCUT2D eigenvalue weighted by Crippen LogP contribution is 2.33. The number of amides is 1. The molecule has 2 aliphatic rings. The molecule has 6 heteroatoms. The predicted molar refractivity (Wildman–Crippen MR) is 80.3 cm³/mol. The van der Waals surface area contributed by atoms with Gasteiger partial charge in [-0.25, -0.2) is 0 Å². The van der Waals surface area contributed by atoms with Crippen molar-refractivity contribution in [3.8, 4) is 0 Å². The molecule has 22 heavy (non-hydrogen) atoms. The molecule has 1 aliphatic heterocycles. The Morgan fingerprint density at radius 1 is 1.23 bits per heavy atom. The molecule has 1 amide bonds. The maximum Gasteiger partial charge on any atom is 0.275 e. The molecule has 1 fully saturated rings. The zero-order valence-electron chi connectivity index (χ0n) is 12.5. The van der Waals surface area contributed by atoms with Crippen LogP contribution in [0.3, 0.4) is 0 Å². The zero-order chi connectivity index (χ0) is 14.9. The van der Waals surface area contributed by atoms with Crippen molar-refractivity contribution in [2.45, 2.75) is 44.6 Å². The minimum absolute atomic E-state index is 0.0251. The molecule has 0 radical (unpaired) electrons. The summed E-state index contributed by atoms with van der Waals surface area (Å²) < 4.78 is 0. The lowest BCUT2D eigenvalue weighted by molar-refractivity contribution is 0.0725. The van der Waals surface area contributed by atoms with Gasteiger partial charge >= 0.3 is 0 Å². The third-order valence-corrected chi connectivity index (χ3v) is 4.70. The average molecular weight is 297 g/mol. The number of aromatic amines is 1. The van der Waals surface area contributed by atoms with Gasteiger partial charge in [0.05, 0.1) is 17.9 Å². The number of hydrogen-bond donors (Lipinski definition) is 1. The standard InChI is InChI=1S/C16H19N5O/c22-16(15-11-4-1-2-5-12(11)19-20-15)21-9-3-6-14(21)13-10-17-7-8-18-13/h7-8,10,14H,1-6,9H2,(H,19,20)/t14-/m0/s1. The lowest BCUT2D eigenvalue weighted by atomic mass is 9.95. The Morgan fingerprint density at radius 3 is 3.00 bits per heavy atom. The molecular formula is C16H19N5O. The summed E-state index contributed by atoms with van der Waals surface area (Å²) in [5.41, 5.74) is 3.76. The van der Waals surface area contributed by atoms with Crippen LogP contribution >= 0.6 is 0 Å². The normalized spacial score (nSPS) is 20.9. The highest BCUT2D eigenvalue weighted by Gasteiger charge is 2.34. The summed E-state index contributed by atoms with van der Waals surface area (Å²) in [6, 6.07) is 0.0251. The number of nitrogens with one attached hydrogen (secondary N) is 1. The van der Waals surface area contributed by atoms with Gasteiger partial charge in [-0.05, 0) is 38.5 Å². The van der Waals surface area contributed by atoms with E-state index < -0.39 is 0 Å². The van der Waals surface area contributed by atoms with Gasteiger partial charge in [0.25, 0.3) is 5.91 Å². The van der Waals surface area contributed by atoms with Crippen LogP contribution in [0.5, 0.6) is 0 Å². The van der Waals surface area contributed by atoms with Crippen LogP contribution < -0.4 is 0 Å². The summed E-state index contributed by atoms with van der Waals surface area (Å²) in [7, 11) is 0. The summed E-state index contributed by atoms with van der Waals surface area (Å²) in [6.45, 7) is 0.766. The van der Waals surface area contributed by atoms with E-state index >= 15 is 0 Å². The van der Waals surface area contributed by atoms with Gasteiger partial charge in [0, 0.05) is 30.2 Å². The summed E-state index contributed by atoms with van der Waals surface area (Å²) in [4.78, 5) is 23.4. The van der Waals surface area contributed by atoms with Crippen LogP contribution in [0.15, 0.2) is 18.6 Å². The molecular weight excluding hydrogens is 278 g/mol. The van der Waals surface area contributed by atoms with Gasteiger partial charge in [-0.15, -0.1) is 0 Å². The molecule has 1 N–H and O–H groups in total. The van der Waals surface area contributed by atoms with Crippen LogP contribution in [0.2, 0.25) is 0 Å². The van der Waals surface area contributed by atoms with E-state index in [4.69, 9.17) is 0 Å². The Labute approximate surface area is 129 Å². The predicted octanol–water partition coefficient (Wildman–Crippen LogP) is 2.06. The van der Waals surface area contributed by atoms with Crippen molar-refractivity contribution < 1.29 is 4.79 Å². The number of carbonyl (C=O) groups is 1. The molecule has 114 valence electrons. The lowest BCUT2D eigenvalue weighted by Gasteiger charge is -2.24. The van der Waals surface area contributed by atoms with Gasteiger partial charge < -0.3 is 4.90 Å². The Hall–Kier alpha value is -2.24. The molecule has 2 aromatic heterocycles. The smallest absolute Gasteiger partial charge is 0.275 e. The number of fused-ring (bicyclic) bond motifs is 1. The first-order valence-corrected chi connectivity index (χ1v) is 7.97. The number of aromatic nitrogens is 4. The fourth-order valence-electron chi connectivity index (χ4n) is 3.59. The second-order valence-electron chi connectivity index (χ2n) is 6.02. The number of hydrogen-bond acceptors (Lipinski definition) is 4. The minimum atomic E-state index is 0.0251. The van der Waals surface area contributed by atoms with Crippen LogP contribution in [0.1, 0.15) is 59.2 Å². The van der Waals surface area contributed by atoms with Crippen molar-refractivity contribution in [3.05, 3.63) is 41.2 Å². The van der Waals surface area contributed by atoms with E-state index in [0.717, 1.165) is 55.6 Å². The molecule has 3 heterocycles. The Balaban J connectivity index is 1.63. The number of H-pyrrole nitrogens is 1. The summed E-state index contributed by atoms with van der Waals surface area (Å²) in [6.07, 6.45) is 11.3.